The second-order valence-corrected chi connectivity index (χ2v) is 6.05. The van der Waals surface area contributed by atoms with E-state index < -0.39 is 11.9 Å². The van der Waals surface area contributed by atoms with Gasteiger partial charge in [0.2, 0.25) is 5.91 Å². The summed E-state index contributed by atoms with van der Waals surface area (Å²) in [5.74, 6) is 0.0847. The molecule has 0 aliphatic carbocycles. The number of hydrogen-bond donors (Lipinski definition) is 1. The summed E-state index contributed by atoms with van der Waals surface area (Å²) >= 11 is 0. The maximum atomic E-state index is 12.2. The van der Waals surface area contributed by atoms with Gasteiger partial charge in [-0.25, -0.2) is 0 Å². The molecule has 1 aliphatic rings. The monoisotopic (exact) mass is 335 g/mol. The van der Waals surface area contributed by atoms with Crippen molar-refractivity contribution in [2.24, 2.45) is 11.8 Å². The molecule has 1 aromatic rings. The molecule has 1 saturated heterocycles. The summed E-state index contributed by atoms with van der Waals surface area (Å²) in [6.45, 7) is 5.60. The lowest BCUT2D eigenvalue weighted by Crippen LogP contribution is -2.30. The van der Waals surface area contributed by atoms with Gasteiger partial charge < -0.3 is 19.5 Å². The number of benzene rings is 1. The molecule has 1 heterocycles. The zero-order valence-corrected chi connectivity index (χ0v) is 14.2. The van der Waals surface area contributed by atoms with Gasteiger partial charge >= 0.3 is 5.97 Å². The summed E-state index contributed by atoms with van der Waals surface area (Å²) < 4.78 is 11.2. The second kappa shape index (κ2) is 8.57. The third-order valence-corrected chi connectivity index (χ3v) is 4.22. The maximum Gasteiger partial charge on any atom is 0.308 e. The molecule has 6 nitrogen and oxygen atoms in total. The molecule has 0 aromatic heterocycles. The zero-order chi connectivity index (χ0) is 17.5. The van der Waals surface area contributed by atoms with Crippen LogP contribution in [0.4, 0.5) is 0 Å². The molecule has 0 saturated carbocycles. The smallest absolute Gasteiger partial charge is 0.308 e. The van der Waals surface area contributed by atoms with Crippen LogP contribution in [0.5, 0.6) is 11.5 Å². The lowest BCUT2D eigenvalue weighted by Gasteiger charge is -2.16. The fourth-order valence-corrected chi connectivity index (χ4v) is 2.90. The van der Waals surface area contributed by atoms with Crippen molar-refractivity contribution in [1.82, 2.24) is 4.90 Å². The largest absolute Gasteiger partial charge is 0.490 e. The van der Waals surface area contributed by atoms with Crippen LogP contribution >= 0.6 is 0 Å². The van der Waals surface area contributed by atoms with Crippen LogP contribution in [0.2, 0.25) is 0 Å². The Balaban J connectivity index is 1.75. The van der Waals surface area contributed by atoms with Crippen molar-refractivity contribution in [1.29, 1.82) is 0 Å². The first-order chi connectivity index (χ1) is 11.5. The number of rotatable bonds is 8. The van der Waals surface area contributed by atoms with Gasteiger partial charge in [-0.1, -0.05) is 19.1 Å². The number of para-hydroxylation sites is 2. The van der Waals surface area contributed by atoms with E-state index in [0.717, 1.165) is 0 Å². The van der Waals surface area contributed by atoms with Crippen LogP contribution in [0.1, 0.15) is 26.7 Å². The van der Waals surface area contributed by atoms with E-state index in [-0.39, 0.29) is 11.8 Å². The fraction of sp³-hybridized carbons (Fsp3) is 0.556. The van der Waals surface area contributed by atoms with Crippen molar-refractivity contribution in [2.75, 3.05) is 26.3 Å². The first-order valence-corrected chi connectivity index (χ1v) is 8.38. The van der Waals surface area contributed by atoms with Crippen molar-refractivity contribution in [3.8, 4) is 11.5 Å². The quantitative estimate of drug-likeness (QED) is 0.738. The summed E-state index contributed by atoms with van der Waals surface area (Å²) in [4.78, 5) is 25.0. The van der Waals surface area contributed by atoms with Crippen LogP contribution in [0.25, 0.3) is 0 Å². The number of amides is 1. The van der Waals surface area contributed by atoms with Gasteiger partial charge in [0, 0.05) is 19.5 Å². The fourth-order valence-electron chi connectivity index (χ4n) is 2.90. The molecule has 0 unspecified atom stereocenters. The van der Waals surface area contributed by atoms with Gasteiger partial charge in [-0.3, -0.25) is 9.59 Å². The highest BCUT2D eigenvalue weighted by atomic mass is 16.5. The molecule has 1 fully saturated rings. The number of nitrogens with zero attached hydrogens (tertiary/aromatic N) is 1. The summed E-state index contributed by atoms with van der Waals surface area (Å²) in [6, 6.07) is 7.45. The highest BCUT2D eigenvalue weighted by Gasteiger charge is 2.36. The van der Waals surface area contributed by atoms with Crippen molar-refractivity contribution in [2.45, 2.75) is 26.7 Å². The minimum Gasteiger partial charge on any atom is -0.490 e. The van der Waals surface area contributed by atoms with Crippen LogP contribution in [0, 0.1) is 11.8 Å². The van der Waals surface area contributed by atoms with Gasteiger partial charge in [0.25, 0.3) is 0 Å². The van der Waals surface area contributed by atoms with Gasteiger partial charge in [-0.15, -0.1) is 0 Å². The molecular weight excluding hydrogens is 310 g/mol. The van der Waals surface area contributed by atoms with Crippen molar-refractivity contribution < 1.29 is 24.2 Å². The molecule has 0 bridgehead atoms. The van der Waals surface area contributed by atoms with Gasteiger partial charge in [-0.2, -0.15) is 0 Å². The average Bonchev–Trinajstić information content (AvgIpc) is 2.95. The molecule has 0 spiro atoms. The van der Waals surface area contributed by atoms with Crippen molar-refractivity contribution in [3.05, 3.63) is 24.3 Å². The molecule has 2 atom stereocenters. The minimum absolute atomic E-state index is 0.000713. The van der Waals surface area contributed by atoms with Crippen LogP contribution in [0.3, 0.4) is 0 Å². The van der Waals surface area contributed by atoms with Crippen LogP contribution < -0.4 is 9.47 Å². The third kappa shape index (κ3) is 4.63. The first kappa shape index (κ1) is 18.1. The van der Waals surface area contributed by atoms with Crippen LogP contribution in [-0.4, -0.2) is 48.2 Å². The lowest BCUT2D eigenvalue weighted by molar-refractivity contribution is -0.142. The molecule has 2 rings (SSSR count). The highest BCUT2D eigenvalue weighted by molar-refractivity contribution is 5.79. The minimum atomic E-state index is -0.825. The average molecular weight is 335 g/mol. The predicted molar refractivity (Wildman–Crippen MR) is 89.2 cm³/mol. The normalized spacial score (nSPS) is 20.0. The Hall–Kier alpha value is -2.24. The van der Waals surface area contributed by atoms with E-state index in [1.807, 2.05) is 38.1 Å². The standard InChI is InChI=1S/C18H25NO5/c1-3-23-15-7-4-5-8-16(15)24-10-6-9-17(20)19-11-13(2)14(12-19)18(21)22/h4-5,7-8,13-14H,3,6,9-12H2,1-2H3,(H,21,22)/t13-,14-/m1/s1. The number of ether oxygens (including phenoxy) is 2. The van der Waals surface area contributed by atoms with Gasteiger partial charge in [0.05, 0.1) is 19.1 Å². The van der Waals surface area contributed by atoms with Gasteiger partial charge in [0.1, 0.15) is 0 Å². The Bertz CT molecular complexity index is 574. The SMILES string of the molecule is CCOc1ccccc1OCCCC(=O)N1C[C@@H](C)[C@H](C(=O)O)C1. The van der Waals surface area contributed by atoms with E-state index in [9.17, 15) is 9.59 Å². The molecule has 1 N–H and O–H groups in total. The van der Waals surface area contributed by atoms with E-state index in [4.69, 9.17) is 14.6 Å². The van der Waals surface area contributed by atoms with Gasteiger partial charge in [-0.05, 0) is 31.4 Å². The molecule has 0 radical (unpaired) electrons. The number of carbonyl (C=O) groups excluding carboxylic acids is 1. The molecule has 6 heteroatoms. The molecule has 132 valence electrons. The highest BCUT2D eigenvalue weighted by Crippen LogP contribution is 2.27. The Morgan fingerprint density at radius 2 is 1.88 bits per heavy atom. The van der Waals surface area contributed by atoms with Crippen LogP contribution in [-0.2, 0) is 9.59 Å². The molecule has 24 heavy (non-hydrogen) atoms. The molecule has 1 aliphatic heterocycles. The van der Waals surface area contributed by atoms with E-state index in [1.54, 1.807) is 4.90 Å². The zero-order valence-electron chi connectivity index (χ0n) is 14.2. The lowest BCUT2D eigenvalue weighted by atomic mass is 9.99. The molecule has 1 amide bonds. The number of carbonyl (C=O) groups is 2. The first-order valence-electron chi connectivity index (χ1n) is 8.38. The van der Waals surface area contributed by atoms with E-state index in [2.05, 4.69) is 0 Å². The Kier molecular flexibility index (Phi) is 6.46. The van der Waals surface area contributed by atoms with E-state index >= 15 is 0 Å². The Morgan fingerprint density at radius 3 is 2.46 bits per heavy atom. The summed E-state index contributed by atoms with van der Waals surface area (Å²) in [6.07, 6.45) is 0.942. The summed E-state index contributed by atoms with van der Waals surface area (Å²) in [7, 11) is 0. The summed E-state index contributed by atoms with van der Waals surface area (Å²) in [5.41, 5.74) is 0. The Labute approximate surface area is 142 Å². The number of likely N-dealkylation sites (tertiary alicyclic amines) is 1. The number of carboxylic acids is 1. The second-order valence-electron chi connectivity index (χ2n) is 6.05. The van der Waals surface area contributed by atoms with E-state index in [0.29, 0.717) is 50.6 Å². The number of hydrogen-bond acceptors (Lipinski definition) is 4. The number of carboxylic acid groups (broad SMARTS) is 1. The Morgan fingerprint density at radius 1 is 1.21 bits per heavy atom. The van der Waals surface area contributed by atoms with Crippen LogP contribution in [0.15, 0.2) is 24.3 Å². The van der Waals surface area contributed by atoms with Gasteiger partial charge in [0.15, 0.2) is 11.5 Å². The topological polar surface area (TPSA) is 76.1 Å². The van der Waals surface area contributed by atoms with E-state index in [1.165, 1.54) is 0 Å². The third-order valence-electron chi connectivity index (χ3n) is 4.22. The van der Waals surface area contributed by atoms with Crippen molar-refractivity contribution >= 4 is 11.9 Å². The number of aliphatic carboxylic acids is 1. The molecule has 1 aromatic carbocycles. The van der Waals surface area contributed by atoms with Crippen molar-refractivity contribution in [3.63, 3.8) is 0 Å². The maximum absolute atomic E-state index is 12.2. The summed E-state index contributed by atoms with van der Waals surface area (Å²) in [5, 5.41) is 9.12. The predicted octanol–water partition coefficient (Wildman–Crippen LogP) is 2.42. The molecular formula is C18H25NO5.